The van der Waals surface area contributed by atoms with Crippen LogP contribution in [-0.2, 0) is 16.0 Å². The van der Waals surface area contributed by atoms with Gasteiger partial charge in [-0.2, -0.15) is 14.0 Å². The first kappa shape index (κ1) is 18.5. The first-order valence-electron chi connectivity index (χ1n) is 6.10. The minimum atomic E-state index is -5.24. The molecule has 0 aliphatic heterocycles. The van der Waals surface area contributed by atoms with Gasteiger partial charge in [0.15, 0.2) is 11.5 Å². The zero-order chi connectivity index (χ0) is 17.6. The Hall–Kier alpha value is -2.57. The molecule has 0 N–H and O–H groups in total. The molecule has 5 nitrogen and oxygen atoms in total. The molecule has 0 aliphatic rings. The molecule has 0 fully saturated rings. The van der Waals surface area contributed by atoms with Crippen molar-refractivity contribution >= 4 is 5.97 Å². The van der Waals surface area contributed by atoms with Gasteiger partial charge in [0.1, 0.15) is 6.07 Å². The first-order valence-corrected chi connectivity index (χ1v) is 6.10. The lowest BCUT2D eigenvalue weighted by Gasteiger charge is -2.17. The number of nitrogens with zero attached hydrogens (tertiary/aromatic N) is 1. The standard InChI is InChI=1S/C13H10F5NO4/c1-2-21-9(20)5-7-3-4-8(6-19)11(23-13(16,17)18)10(7)22-12(14)15/h3-4,12H,2,5H2,1H3. The topological polar surface area (TPSA) is 68.6 Å². The van der Waals surface area contributed by atoms with Gasteiger partial charge in [0, 0.05) is 5.56 Å². The molecule has 0 bridgehead atoms. The van der Waals surface area contributed by atoms with E-state index in [0.717, 1.165) is 12.1 Å². The van der Waals surface area contributed by atoms with Crippen molar-refractivity contribution in [3.05, 3.63) is 23.3 Å². The van der Waals surface area contributed by atoms with Crippen LogP contribution in [0.4, 0.5) is 22.0 Å². The summed E-state index contributed by atoms with van der Waals surface area (Å²) in [6.07, 6.45) is -5.87. The number of esters is 1. The highest BCUT2D eigenvalue weighted by molar-refractivity contribution is 5.75. The second-order valence-corrected chi connectivity index (χ2v) is 3.95. The number of carbonyl (C=O) groups is 1. The second kappa shape index (κ2) is 7.62. The Bertz CT molecular complexity index is 610. The average molecular weight is 339 g/mol. The van der Waals surface area contributed by atoms with Gasteiger partial charge in [-0.1, -0.05) is 6.07 Å². The van der Waals surface area contributed by atoms with E-state index in [0.29, 0.717) is 0 Å². The molecule has 0 amide bonds. The number of rotatable bonds is 6. The van der Waals surface area contributed by atoms with Crippen molar-refractivity contribution in [2.24, 2.45) is 0 Å². The van der Waals surface area contributed by atoms with E-state index in [-0.39, 0.29) is 12.2 Å². The molecule has 0 aliphatic carbocycles. The van der Waals surface area contributed by atoms with E-state index in [1.54, 1.807) is 0 Å². The third-order valence-electron chi connectivity index (χ3n) is 2.38. The summed E-state index contributed by atoms with van der Waals surface area (Å²) in [5, 5.41) is 8.80. The largest absolute Gasteiger partial charge is 0.573 e. The van der Waals surface area contributed by atoms with E-state index in [1.165, 1.54) is 13.0 Å². The normalized spacial score (nSPS) is 11.0. The lowest BCUT2D eigenvalue weighted by Crippen LogP contribution is -2.20. The summed E-state index contributed by atoms with van der Waals surface area (Å²) >= 11 is 0. The summed E-state index contributed by atoms with van der Waals surface area (Å²) < 4.78 is 74.4. The molecule has 23 heavy (non-hydrogen) atoms. The van der Waals surface area contributed by atoms with Crippen LogP contribution in [0.25, 0.3) is 0 Å². The Labute approximate surface area is 127 Å². The first-order chi connectivity index (χ1) is 10.7. The van der Waals surface area contributed by atoms with E-state index in [1.807, 2.05) is 0 Å². The van der Waals surface area contributed by atoms with E-state index in [9.17, 15) is 26.7 Å². The molecule has 0 radical (unpaired) electrons. The van der Waals surface area contributed by atoms with Gasteiger partial charge in [-0.05, 0) is 13.0 Å². The van der Waals surface area contributed by atoms with Crippen LogP contribution in [0.1, 0.15) is 18.1 Å². The maximum absolute atomic E-state index is 12.5. The van der Waals surface area contributed by atoms with Crippen molar-refractivity contribution < 1.29 is 41.0 Å². The Morgan fingerprint density at radius 1 is 1.30 bits per heavy atom. The smallest absolute Gasteiger partial charge is 0.466 e. The fourth-order valence-corrected chi connectivity index (χ4v) is 1.63. The van der Waals surface area contributed by atoms with Crippen molar-refractivity contribution in [1.29, 1.82) is 5.26 Å². The summed E-state index contributed by atoms with van der Waals surface area (Å²) in [7, 11) is 0. The van der Waals surface area contributed by atoms with Crippen molar-refractivity contribution in [3.8, 4) is 17.6 Å². The van der Waals surface area contributed by atoms with E-state index < -0.39 is 42.4 Å². The summed E-state index contributed by atoms with van der Waals surface area (Å²) in [6, 6.07) is 3.28. The van der Waals surface area contributed by atoms with Crippen LogP contribution in [0.15, 0.2) is 12.1 Å². The Kier molecular flexibility index (Phi) is 6.12. The zero-order valence-electron chi connectivity index (χ0n) is 11.6. The van der Waals surface area contributed by atoms with E-state index in [2.05, 4.69) is 14.2 Å². The highest BCUT2D eigenvalue weighted by Gasteiger charge is 2.35. The highest BCUT2D eigenvalue weighted by atomic mass is 19.4. The van der Waals surface area contributed by atoms with Gasteiger partial charge >= 0.3 is 18.9 Å². The van der Waals surface area contributed by atoms with E-state index in [4.69, 9.17) is 5.26 Å². The van der Waals surface area contributed by atoms with Gasteiger partial charge in [0.25, 0.3) is 0 Å². The van der Waals surface area contributed by atoms with Crippen LogP contribution in [0.2, 0.25) is 0 Å². The molecule has 0 saturated carbocycles. The quantitative estimate of drug-likeness (QED) is 0.588. The fourth-order valence-electron chi connectivity index (χ4n) is 1.63. The molecule has 1 aromatic rings. The molecule has 0 atom stereocenters. The van der Waals surface area contributed by atoms with Gasteiger partial charge in [-0.15, -0.1) is 13.2 Å². The number of nitriles is 1. The van der Waals surface area contributed by atoms with Crippen LogP contribution in [0.3, 0.4) is 0 Å². The molecule has 0 heterocycles. The molecule has 0 unspecified atom stereocenters. The van der Waals surface area contributed by atoms with Gasteiger partial charge in [0.2, 0.25) is 0 Å². The summed E-state index contributed by atoms with van der Waals surface area (Å²) in [5.41, 5.74) is -1.01. The predicted molar refractivity (Wildman–Crippen MR) is 64.8 cm³/mol. The molecule has 0 spiro atoms. The van der Waals surface area contributed by atoms with Crippen molar-refractivity contribution in [3.63, 3.8) is 0 Å². The third-order valence-corrected chi connectivity index (χ3v) is 2.38. The average Bonchev–Trinajstić information content (AvgIpc) is 2.41. The Morgan fingerprint density at radius 3 is 2.43 bits per heavy atom. The third kappa shape index (κ3) is 5.61. The SMILES string of the molecule is CCOC(=O)Cc1ccc(C#N)c(OC(F)(F)F)c1OC(F)F. The molecule has 0 aromatic heterocycles. The van der Waals surface area contributed by atoms with Crippen molar-refractivity contribution in [2.45, 2.75) is 26.3 Å². The number of carbonyl (C=O) groups excluding carboxylic acids is 1. The Balaban J connectivity index is 3.37. The molecule has 1 aromatic carbocycles. The number of alkyl halides is 5. The zero-order valence-corrected chi connectivity index (χ0v) is 11.6. The van der Waals surface area contributed by atoms with Crippen molar-refractivity contribution in [1.82, 2.24) is 0 Å². The maximum atomic E-state index is 12.5. The molecule has 10 heteroatoms. The predicted octanol–water partition coefficient (Wildman–Crippen LogP) is 3.16. The highest BCUT2D eigenvalue weighted by Crippen LogP contribution is 2.39. The van der Waals surface area contributed by atoms with Gasteiger partial charge < -0.3 is 14.2 Å². The lowest BCUT2D eigenvalue weighted by molar-refractivity contribution is -0.275. The number of ether oxygens (including phenoxy) is 3. The molecule has 1 rings (SSSR count). The fraction of sp³-hybridized carbons (Fsp3) is 0.385. The lowest BCUT2D eigenvalue weighted by atomic mass is 10.1. The number of benzene rings is 1. The minimum absolute atomic E-state index is 0.00788. The van der Waals surface area contributed by atoms with Gasteiger partial charge in [-0.3, -0.25) is 4.79 Å². The summed E-state index contributed by atoms with van der Waals surface area (Å²) in [6.45, 7) is -2.00. The molecular weight excluding hydrogens is 329 g/mol. The van der Waals surface area contributed by atoms with E-state index >= 15 is 0 Å². The summed E-state index contributed by atoms with van der Waals surface area (Å²) in [4.78, 5) is 11.4. The van der Waals surface area contributed by atoms with Crippen LogP contribution < -0.4 is 9.47 Å². The van der Waals surface area contributed by atoms with Gasteiger partial charge in [0.05, 0.1) is 18.6 Å². The number of hydrogen-bond donors (Lipinski definition) is 0. The molecular formula is C13H10F5NO4. The number of hydrogen-bond acceptors (Lipinski definition) is 5. The molecule has 0 saturated heterocycles. The molecule has 126 valence electrons. The van der Waals surface area contributed by atoms with Crippen LogP contribution in [0, 0.1) is 11.3 Å². The number of halogens is 5. The minimum Gasteiger partial charge on any atom is -0.466 e. The maximum Gasteiger partial charge on any atom is 0.573 e. The summed E-state index contributed by atoms with van der Waals surface area (Å²) in [5.74, 6) is -3.14. The monoisotopic (exact) mass is 339 g/mol. The van der Waals surface area contributed by atoms with Crippen LogP contribution >= 0.6 is 0 Å². The van der Waals surface area contributed by atoms with Crippen LogP contribution in [-0.4, -0.2) is 25.6 Å². The second-order valence-electron chi connectivity index (χ2n) is 3.95. The van der Waals surface area contributed by atoms with Crippen molar-refractivity contribution in [2.75, 3.05) is 6.61 Å². The Morgan fingerprint density at radius 2 is 1.96 bits per heavy atom. The van der Waals surface area contributed by atoms with Gasteiger partial charge in [-0.25, -0.2) is 0 Å². The van der Waals surface area contributed by atoms with Crippen LogP contribution in [0.5, 0.6) is 11.5 Å².